The zero-order valence-electron chi connectivity index (χ0n) is 10.8. The van der Waals surface area contributed by atoms with Gasteiger partial charge in [-0.2, -0.15) is 0 Å². The molecule has 0 aliphatic heterocycles. The summed E-state index contributed by atoms with van der Waals surface area (Å²) in [7, 11) is 0. The van der Waals surface area contributed by atoms with E-state index in [1.54, 1.807) is 0 Å². The van der Waals surface area contributed by atoms with Crippen LogP contribution in [0.5, 0.6) is 0 Å². The summed E-state index contributed by atoms with van der Waals surface area (Å²) in [5.41, 5.74) is 3.48. The predicted molar refractivity (Wildman–Crippen MR) is 76.2 cm³/mol. The van der Waals surface area contributed by atoms with Crippen molar-refractivity contribution in [3.05, 3.63) is 60.2 Å². The quantitative estimate of drug-likeness (QED) is 0.877. The first-order valence-electron chi connectivity index (χ1n) is 6.29. The largest absolute Gasteiger partial charge is 0.465 e. The number of hydrogen-bond acceptors (Lipinski definition) is 1. The Morgan fingerprint density at radius 1 is 1.05 bits per heavy atom. The zero-order chi connectivity index (χ0) is 13.7. The lowest BCUT2D eigenvalue weighted by atomic mass is 10.0. The van der Waals surface area contributed by atoms with Crippen LogP contribution in [0.1, 0.15) is 12.5 Å². The maximum absolute atomic E-state index is 10.5. The summed E-state index contributed by atoms with van der Waals surface area (Å²) in [4.78, 5) is 10.5. The van der Waals surface area contributed by atoms with E-state index in [0.29, 0.717) is 6.42 Å². The van der Waals surface area contributed by atoms with Gasteiger partial charge in [0.2, 0.25) is 0 Å². The Labute approximate surface area is 112 Å². The molecule has 2 aromatic rings. The van der Waals surface area contributed by atoms with Gasteiger partial charge in [0, 0.05) is 6.04 Å². The first-order chi connectivity index (χ1) is 9.15. The van der Waals surface area contributed by atoms with Gasteiger partial charge >= 0.3 is 6.09 Å². The van der Waals surface area contributed by atoms with Gasteiger partial charge in [0.1, 0.15) is 0 Å². The van der Waals surface area contributed by atoms with E-state index in [2.05, 4.69) is 29.6 Å². The van der Waals surface area contributed by atoms with Gasteiger partial charge in [0.15, 0.2) is 0 Å². The van der Waals surface area contributed by atoms with Crippen molar-refractivity contribution in [2.75, 3.05) is 0 Å². The molecule has 2 N–H and O–H groups in total. The first kappa shape index (κ1) is 13.1. The van der Waals surface area contributed by atoms with Crippen LogP contribution in [0.2, 0.25) is 0 Å². The van der Waals surface area contributed by atoms with Crippen molar-refractivity contribution in [1.29, 1.82) is 0 Å². The van der Waals surface area contributed by atoms with Crippen LogP contribution >= 0.6 is 0 Å². The fourth-order valence-electron chi connectivity index (χ4n) is 2.08. The molecule has 0 saturated heterocycles. The summed E-state index contributed by atoms with van der Waals surface area (Å²) in [6.45, 7) is 1.86. The number of carboxylic acid groups (broad SMARTS) is 1. The van der Waals surface area contributed by atoms with Gasteiger partial charge in [-0.3, -0.25) is 0 Å². The minimum absolute atomic E-state index is 0.0833. The Kier molecular flexibility index (Phi) is 4.18. The minimum Gasteiger partial charge on any atom is -0.465 e. The number of carbonyl (C=O) groups is 1. The number of benzene rings is 2. The summed E-state index contributed by atoms with van der Waals surface area (Å²) in [5, 5.41) is 11.1. The highest BCUT2D eigenvalue weighted by atomic mass is 16.4. The van der Waals surface area contributed by atoms with Crippen LogP contribution in [0, 0.1) is 0 Å². The number of rotatable bonds is 4. The maximum atomic E-state index is 10.5. The van der Waals surface area contributed by atoms with Crippen molar-refractivity contribution < 1.29 is 9.90 Å². The molecule has 2 aromatic carbocycles. The second-order valence-corrected chi connectivity index (χ2v) is 4.62. The molecule has 3 nitrogen and oxygen atoms in total. The smallest absolute Gasteiger partial charge is 0.404 e. The molecule has 0 radical (unpaired) electrons. The molecular weight excluding hydrogens is 238 g/mol. The molecule has 19 heavy (non-hydrogen) atoms. The maximum Gasteiger partial charge on any atom is 0.404 e. The minimum atomic E-state index is -0.978. The monoisotopic (exact) mass is 255 g/mol. The molecule has 0 aromatic heterocycles. The van der Waals surface area contributed by atoms with E-state index in [0.717, 1.165) is 5.56 Å². The van der Waals surface area contributed by atoms with Crippen LogP contribution in [0.15, 0.2) is 54.6 Å². The fourth-order valence-corrected chi connectivity index (χ4v) is 2.08. The third-order valence-electron chi connectivity index (χ3n) is 2.97. The van der Waals surface area contributed by atoms with Gasteiger partial charge < -0.3 is 10.4 Å². The van der Waals surface area contributed by atoms with Crippen molar-refractivity contribution in [3.8, 4) is 11.1 Å². The van der Waals surface area contributed by atoms with Crippen molar-refractivity contribution in [3.63, 3.8) is 0 Å². The Balaban J connectivity index is 2.05. The van der Waals surface area contributed by atoms with Crippen LogP contribution in [0.3, 0.4) is 0 Å². The highest BCUT2D eigenvalue weighted by Crippen LogP contribution is 2.19. The normalized spacial score (nSPS) is 11.8. The summed E-state index contributed by atoms with van der Waals surface area (Å²) >= 11 is 0. The van der Waals surface area contributed by atoms with Gasteiger partial charge in [0.05, 0.1) is 0 Å². The number of amides is 1. The summed E-state index contributed by atoms with van der Waals surface area (Å²) in [6.07, 6.45) is -0.283. The molecule has 1 amide bonds. The van der Waals surface area contributed by atoms with E-state index in [1.165, 1.54) is 11.1 Å². The van der Waals surface area contributed by atoms with Gasteiger partial charge in [-0.25, -0.2) is 4.79 Å². The molecule has 1 unspecified atom stereocenters. The van der Waals surface area contributed by atoms with E-state index < -0.39 is 6.09 Å². The van der Waals surface area contributed by atoms with Crippen molar-refractivity contribution in [2.45, 2.75) is 19.4 Å². The zero-order valence-corrected chi connectivity index (χ0v) is 10.8. The third kappa shape index (κ3) is 3.85. The SMILES string of the molecule is CC(Cc1ccc(-c2ccccc2)cc1)NC(=O)O. The topological polar surface area (TPSA) is 49.3 Å². The average molecular weight is 255 g/mol. The van der Waals surface area contributed by atoms with E-state index in [1.807, 2.05) is 37.3 Å². The Hall–Kier alpha value is -2.29. The Bertz CT molecular complexity index is 534. The molecule has 0 fully saturated rings. The van der Waals surface area contributed by atoms with Crippen LogP contribution in [-0.2, 0) is 6.42 Å². The molecular formula is C16H17NO2. The Morgan fingerprint density at radius 3 is 2.21 bits per heavy atom. The molecule has 3 heteroatoms. The van der Waals surface area contributed by atoms with Crippen molar-refractivity contribution >= 4 is 6.09 Å². The summed E-state index contributed by atoms with van der Waals surface area (Å²) < 4.78 is 0. The number of nitrogens with one attached hydrogen (secondary N) is 1. The lowest BCUT2D eigenvalue weighted by Crippen LogP contribution is -2.32. The second-order valence-electron chi connectivity index (χ2n) is 4.62. The van der Waals surface area contributed by atoms with Crippen LogP contribution in [0.4, 0.5) is 4.79 Å². The fraction of sp³-hybridized carbons (Fsp3) is 0.188. The molecule has 0 spiro atoms. The summed E-state index contributed by atoms with van der Waals surface area (Å²) in [5.74, 6) is 0. The van der Waals surface area contributed by atoms with Crippen LogP contribution < -0.4 is 5.32 Å². The van der Waals surface area contributed by atoms with E-state index >= 15 is 0 Å². The first-order valence-corrected chi connectivity index (χ1v) is 6.29. The van der Waals surface area contributed by atoms with Crippen LogP contribution in [-0.4, -0.2) is 17.2 Å². The summed E-state index contributed by atoms with van der Waals surface area (Å²) in [6, 6.07) is 18.3. The van der Waals surface area contributed by atoms with Gasteiger partial charge in [-0.15, -0.1) is 0 Å². The van der Waals surface area contributed by atoms with E-state index in [9.17, 15) is 4.79 Å². The van der Waals surface area contributed by atoms with Gasteiger partial charge in [0.25, 0.3) is 0 Å². The van der Waals surface area contributed by atoms with Gasteiger partial charge in [-0.05, 0) is 30.0 Å². The average Bonchev–Trinajstić information content (AvgIpc) is 2.39. The highest BCUT2D eigenvalue weighted by molar-refractivity contribution is 5.65. The van der Waals surface area contributed by atoms with Crippen LogP contribution in [0.25, 0.3) is 11.1 Å². The van der Waals surface area contributed by atoms with Crippen molar-refractivity contribution in [1.82, 2.24) is 5.32 Å². The van der Waals surface area contributed by atoms with Gasteiger partial charge in [-0.1, -0.05) is 54.6 Å². The standard InChI is InChI=1S/C16H17NO2/c1-12(17-16(18)19)11-13-7-9-15(10-8-13)14-5-3-2-4-6-14/h2-10,12,17H,11H2,1H3,(H,18,19). The number of hydrogen-bond donors (Lipinski definition) is 2. The predicted octanol–water partition coefficient (Wildman–Crippen LogP) is 3.55. The molecule has 0 saturated carbocycles. The molecule has 0 bridgehead atoms. The molecule has 0 aliphatic carbocycles. The second kappa shape index (κ2) is 6.05. The van der Waals surface area contributed by atoms with E-state index in [-0.39, 0.29) is 6.04 Å². The Morgan fingerprint density at radius 2 is 1.63 bits per heavy atom. The molecule has 98 valence electrons. The third-order valence-corrected chi connectivity index (χ3v) is 2.97. The lowest BCUT2D eigenvalue weighted by molar-refractivity contribution is 0.190. The van der Waals surface area contributed by atoms with Crippen molar-refractivity contribution in [2.24, 2.45) is 0 Å². The molecule has 0 heterocycles. The van der Waals surface area contributed by atoms with E-state index in [4.69, 9.17) is 5.11 Å². The lowest BCUT2D eigenvalue weighted by Gasteiger charge is -2.11. The molecule has 0 aliphatic rings. The molecule has 2 rings (SSSR count). The highest BCUT2D eigenvalue weighted by Gasteiger charge is 2.06. The molecule has 1 atom stereocenters.